The number of rotatable bonds is 4. The summed E-state index contributed by atoms with van der Waals surface area (Å²) in [6.07, 6.45) is 1.85. The molecular formula is C13H14N4O3. The van der Waals surface area contributed by atoms with Crippen molar-refractivity contribution in [1.29, 1.82) is 0 Å². The van der Waals surface area contributed by atoms with Crippen molar-refractivity contribution in [1.82, 2.24) is 10.2 Å². The maximum atomic E-state index is 11.9. The smallest absolute Gasteiger partial charge is 0.272 e. The fourth-order valence-electron chi connectivity index (χ4n) is 1.85. The number of aromatic amines is 2. The SMILES string of the molecule is C=CCC(N)C(=O)Nc1cccc2c(=O)[nH][nH]c(=O)c12. The van der Waals surface area contributed by atoms with Crippen LogP contribution in [0.3, 0.4) is 0 Å². The first-order valence-electron chi connectivity index (χ1n) is 5.95. The van der Waals surface area contributed by atoms with Crippen molar-refractivity contribution >= 4 is 22.4 Å². The van der Waals surface area contributed by atoms with Crippen molar-refractivity contribution in [3.63, 3.8) is 0 Å². The second-order valence-electron chi connectivity index (χ2n) is 4.26. The van der Waals surface area contributed by atoms with Crippen LogP contribution in [-0.4, -0.2) is 22.1 Å². The molecule has 0 saturated heterocycles. The van der Waals surface area contributed by atoms with Crippen LogP contribution in [0.25, 0.3) is 10.8 Å². The van der Waals surface area contributed by atoms with Gasteiger partial charge in [0.05, 0.1) is 22.5 Å². The molecule has 1 unspecified atom stereocenters. The number of hydrogen-bond donors (Lipinski definition) is 4. The summed E-state index contributed by atoms with van der Waals surface area (Å²) in [7, 11) is 0. The van der Waals surface area contributed by atoms with Gasteiger partial charge in [0.2, 0.25) is 5.91 Å². The van der Waals surface area contributed by atoms with Crippen molar-refractivity contribution in [2.45, 2.75) is 12.5 Å². The van der Waals surface area contributed by atoms with E-state index in [0.717, 1.165) is 0 Å². The summed E-state index contributed by atoms with van der Waals surface area (Å²) in [6.45, 7) is 3.51. The van der Waals surface area contributed by atoms with E-state index in [2.05, 4.69) is 22.1 Å². The van der Waals surface area contributed by atoms with Crippen LogP contribution >= 0.6 is 0 Å². The van der Waals surface area contributed by atoms with Crippen LogP contribution in [-0.2, 0) is 4.79 Å². The van der Waals surface area contributed by atoms with Gasteiger partial charge >= 0.3 is 0 Å². The lowest BCUT2D eigenvalue weighted by Gasteiger charge is -2.11. The molecule has 1 amide bonds. The minimum absolute atomic E-state index is 0.121. The van der Waals surface area contributed by atoms with Crippen molar-refractivity contribution in [3.8, 4) is 0 Å². The molecule has 1 aromatic carbocycles. The summed E-state index contributed by atoms with van der Waals surface area (Å²) in [5.41, 5.74) is 4.97. The fourth-order valence-corrected chi connectivity index (χ4v) is 1.85. The van der Waals surface area contributed by atoms with Crippen molar-refractivity contribution in [3.05, 3.63) is 51.6 Å². The quantitative estimate of drug-likeness (QED) is 0.589. The van der Waals surface area contributed by atoms with Gasteiger partial charge in [-0.05, 0) is 18.6 Å². The van der Waals surface area contributed by atoms with E-state index >= 15 is 0 Å². The monoisotopic (exact) mass is 274 g/mol. The lowest BCUT2D eigenvalue weighted by atomic mass is 10.1. The number of carbonyl (C=O) groups is 1. The molecule has 0 fully saturated rings. The van der Waals surface area contributed by atoms with Crippen molar-refractivity contribution in [2.75, 3.05) is 5.32 Å². The molecule has 5 N–H and O–H groups in total. The molecule has 0 spiro atoms. The molecule has 104 valence electrons. The Balaban J connectivity index is 2.48. The molecule has 7 heteroatoms. The number of aromatic nitrogens is 2. The average Bonchev–Trinajstić information content (AvgIpc) is 2.43. The molecule has 0 saturated carbocycles. The van der Waals surface area contributed by atoms with E-state index in [1.165, 1.54) is 18.2 Å². The Bertz CT molecular complexity index is 775. The van der Waals surface area contributed by atoms with E-state index < -0.39 is 23.1 Å². The third kappa shape index (κ3) is 2.52. The molecule has 7 nitrogen and oxygen atoms in total. The van der Waals surface area contributed by atoms with E-state index in [1.54, 1.807) is 6.07 Å². The highest BCUT2D eigenvalue weighted by Crippen LogP contribution is 2.16. The number of nitrogens with one attached hydrogen (secondary N) is 3. The summed E-state index contributed by atoms with van der Waals surface area (Å²) >= 11 is 0. The van der Waals surface area contributed by atoms with E-state index in [4.69, 9.17) is 5.73 Å². The molecule has 0 aliphatic heterocycles. The second-order valence-corrected chi connectivity index (χ2v) is 4.26. The van der Waals surface area contributed by atoms with E-state index in [9.17, 15) is 14.4 Å². The zero-order valence-corrected chi connectivity index (χ0v) is 10.6. The molecule has 1 aromatic heterocycles. The zero-order valence-electron chi connectivity index (χ0n) is 10.6. The Kier molecular flexibility index (Phi) is 3.81. The maximum absolute atomic E-state index is 11.9. The molecule has 1 atom stereocenters. The Morgan fingerprint density at radius 2 is 2.05 bits per heavy atom. The summed E-state index contributed by atoms with van der Waals surface area (Å²) in [6, 6.07) is 3.85. The van der Waals surface area contributed by atoms with Crippen LogP contribution in [0.2, 0.25) is 0 Å². The van der Waals surface area contributed by atoms with Crippen LogP contribution < -0.4 is 22.2 Å². The van der Waals surface area contributed by atoms with Gasteiger partial charge in [-0.1, -0.05) is 12.1 Å². The third-order valence-electron chi connectivity index (χ3n) is 2.84. The Morgan fingerprint density at radius 3 is 2.75 bits per heavy atom. The van der Waals surface area contributed by atoms with Gasteiger partial charge in [0.1, 0.15) is 0 Å². The molecule has 0 radical (unpaired) electrons. The van der Waals surface area contributed by atoms with Crippen LogP contribution in [0, 0.1) is 0 Å². The molecule has 20 heavy (non-hydrogen) atoms. The largest absolute Gasteiger partial charge is 0.324 e. The fraction of sp³-hybridized carbons (Fsp3) is 0.154. The van der Waals surface area contributed by atoms with Crippen LogP contribution in [0.5, 0.6) is 0 Å². The number of amides is 1. The Hall–Kier alpha value is -2.67. The first-order chi connectivity index (χ1) is 9.54. The van der Waals surface area contributed by atoms with Gasteiger partial charge in [0, 0.05) is 0 Å². The summed E-state index contributed by atoms with van der Waals surface area (Å²) < 4.78 is 0. The van der Waals surface area contributed by atoms with Gasteiger partial charge in [-0.2, -0.15) is 0 Å². The van der Waals surface area contributed by atoms with Crippen molar-refractivity contribution in [2.24, 2.45) is 5.73 Å². The minimum Gasteiger partial charge on any atom is -0.324 e. The lowest BCUT2D eigenvalue weighted by molar-refractivity contribution is -0.117. The molecule has 2 rings (SSSR count). The molecule has 0 aliphatic rings. The topological polar surface area (TPSA) is 121 Å². The van der Waals surface area contributed by atoms with Gasteiger partial charge in [0.15, 0.2) is 0 Å². The van der Waals surface area contributed by atoms with E-state index in [-0.39, 0.29) is 16.5 Å². The average molecular weight is 274 g/mol. The van der Waals surface area contributed by atoms with Gasteiger partial charge < -0.3 is 11.1 Å². The first kappa shape index (κ1) is 13.8. The van der Waals surface area contributed by atoms with Crippen LogP contribution in [0.1, 0.15) is 6.42 Å². The summed E-state index contributed by atoms with van der Waals surface area (Å²) in [5, 5.41) is 7.31. The van der Waals surface area contributed by atoms with E-state index in [1.807, 2.05) is 0 Å². The third-order valence-corrected chi connectivity index (χ3v) is 2.84. The number of fused-ring (bicyclic) bond motifs is 1. The number of nitrogens with two attached hydrogens (primary N) is 1. The Labute approximate surface area is 113 Å². The van der Waals surface area contributed by atoms with Gasteiger partial charge in [-0.15, -0.1) is 6.58 Å². The summed E-state index contributed by atoms with van der Waals surface area (Å²) in [5.74, 6) is -0.447. The molecule has 2 aromatic rings. The van der Waals surface area contributed by atoms with Crippen LogP contribution in [0.4, 0.5) is 5.69 Å². The highest BCUT2D eigenvalue weighted by Gasteiger charge is 2.15. The minimum atomic E-state index is -0.760. The highest BCUT2D eigenvalue weighted by atomic mass is 16.2. The first-order valence-corrected chi connectivity index (χ1v) is 5.95. The second kappa shape index (κ2) is 5.54. The predicted molar refractivity (Wildman–Crippen MR) is 76.6 cm³/mol. The number of H-pyrrole nitrogens is 2. The maximum Gasteiger partial charge on any atom is 0.272 e. The molecule has 0 bridgehead atoms. The normalized spacial score (nSPS) is 12.1. The molecule has 0 aliphatic carbocycles. The zero-order chi connectivity index (χ0) is 14.7. The lowest BCUT2D eigenvalue weighted by Crippen LogP contribution is -2.35. The number of carbonyl (C=O) groups excluding carboxylic acids is 1. The predicted octanol–water partition coefficient (Wildman–Crippen LogP) is 0.0583. The standard InChI is InChI=1S/C13H14N4O3/c1-2-4-8(14)12(19)15-9-6-3-5-7-10(9)13(20)17-16-11(7)18/h2-3,5-6,8H,1,4,14H2,(H,15,19)(H,16,18)(H,17,20). The molecular weight excluding hydrogens is 260 g/mol. The highest BCUT2D eigenvalue weighted by molar-refractivity contribution is 6.03. The molecule has 1 heterocycles. The number of anilines is 1. The number of benzene rings is 1. The summed E-state index contributed by atoms with van der Waals surface area (Å²) in [4.78, 5) is 35.3. The van der Waals surface area contributed by atoms with Crippen LogP contribution in [0.15, 0.2) is 40.4 Å². The van der Waals surface area contributed by atoms with E-state index in [0.29, 0.717) is 6.42 Å². The number of hydrogen-bond acceptors (Lipinski definition) is 4. The van der Waals surface area contributed by atoms with Gasteiger partial charge in [0.25, 0.3) is 11.1 Å². The van der Waals surface area contributed by atoms with Gasteiger partial charge in [-0.25, -0.2) is 0 Å². The Morgan fingerprint density at radius 1 is 1.35 bits per heavy atom. The van der Waals surface area contributed by atoms with Gasteiger partial charge in [-0.3, -0.25) is 24.6 Å². The van der Waals surface area contributed by atoms with Crippen molar-refractivity contribution < 1.29 is 4.79 Å².